The molecule has 3 rings (SSSR count). The van der Waals surface area contributed by atoms with Crippen LogP contribution in [0.3, 0.4) is 0 Å². The van der Waals surface area contributed by atoms with Crippen LogP contribution in [0.2, 0.25) is 5.02 Å². The van der Waals surface area contributed by atoms with Crippen LogP contribution in [-0.2, 0) is 0 Å². The summed E-state index contributed by atoms with van der Waals surface area (Å²) in [5.74, 6) is 0.794. The van der Waals surface area contributed by atoms with Gasteiger partial charge in [0.05, 0.1) is 0 Å². The fraction of sp³-hybridized carbons (Fsp3) is 0.647. The summed E-state index contributed by atoms with van der Waals surface area (Å²) in [5, 5.41) is 8.40. The molecular weight excluding hydrogens is 268 g/mol. The Kier molecular flexibility index (Phi) is 4.65. The van der Waals surface area contributed by atoms with E-state index in [-0.39, 0.29) is 0 Å². The second-order valence-electron chi connectivity index (χ2n) is 6.31. The largest absolute Gasteiger partial charge is 0.314 e. The molecule has 1 aromatic carbocycles. The minimum Gasteiger partial charge on any atom is -0.314 e. The summed E-state index contributed by atoms with van der Waals surface area (Å²) in [7, 11) is 0. The molecule has 4 unspecified atom stereocenters. The average molecular weight is 293 g/mol. The maximum absolute atomic E-state index is 6.32. The van der Waals surface area contributed by atoms with E-state index in [2.05, 4.69) is 29.7 Å². The minimum absolute atomic E-state index is 0.329. The lowest BCUT2D eigenvalue weighted by molar-refractivity contribution is 0.303. The molecule has 1 aliphatic heterocycles. The van der Waals surface area contributed by atoms with Gasteiger partial charge in [-0.1, -0.05) is 36.2 Å². The summed E-state index contributed by atoms with van der Waals surface area (Å²) in [6.07, 6.45) is 6.72. The van der Waals surface area contributed by atoms with Crippen molar-refractivity contribution in [3.05, 3.63) is 34.9 Å². The molecular formula is C17H25ClN2. The van der Waals surface area contributed by atoms with Crippen molar-refractivity contribution in [2.24, 2.45) is 5.92 Å². The molecule has 0 spiro atoms. The molecule has 1 heterocycles. The molecule has 20 heavy (non-hydrogen) atoms. The zero-order valence-electron chi connectivity index (χ0n) is 12.2. The van der Waals surface area contributed by atoms with Gasteiger partial charge in [0.15, 0.2) is 0 Å². The maximum atomic E-state index is 6.32. The van der Waals surface area contributed by atoms with Crippen molar-refractivity contribution in [2.45, 2.75) is 57.2 Å². The van der Waals surface area contributed by atoms with Crippen molar-refractivity contribution in [3.8, 4) is 0 Å². The Morgan fingerprint density at radius 3 is 2.80 bits per heavy atom. The van der Waals surface area contributed by atoms with Crippen LogP contribution in [0.4, 0.5) is 0 Å². The van der Waals surface area contributed by atoms with Crippen molar-refractivity contribution in [1.29, 1.82) is 0 Å². The Hall–Kier alpha value is -0.570. The predicted molar refractivity (Wildman–Crippen MR) is 85.2 cm³/mol. The summed E-state index contributed by atoms with van der Waals surface area (Å²) in [5.41, 5.74) is 1.22. The van der Waals surface area contributed by atoms with Crippen LogP contribution in [0.5, 0.6) is 0 Å². The first-order valence-electron chi connectivity index (χ1n) is 7.99. The number of hydrogen-bond acceptors (Lipinski definition) is 2. The van der Waals surface area contributed by atoms with Crippen molar-refractivity contribution in [1.82, 2.24) is 10.6 Å². The van der Waals surface area contributed by atoms with E-state index in [4.69, 9.17) is 11.6 Å². The van der Waals surface area contributed by atoms with Gasteiger partial charge in [0.1, 0.15) is 0 Å². The topological polar surface area (TPSA) is 24.1 Å². The van der Waals surface area contributed by atoms with Gasteiger partial charge in [-0.05, 0) is 56.7 Å². The summed E-state index contributed by atoms with van der Waals surface area (Å²) < 4.78 is 0. The van der Waals surface area contributed by atoms with E-state index in [1.54, 1.807) is 0 Å². The fourth-order valence-corrected chi connectivity index (χ4v) is 4.29. The Labute approximate surface area is 127 Å². The van der Waals surface area contributed by atoms with Crippen molar-refractivity contribution < 1.29 is 0 Å². The quantitative estimate of drug-likeness (QED) is 0.879. The zero-order chi connectivity index (χ0) is 13.9. The van der Waals surface area contributed by atoms with Gasteiger partial charge in [-0.25, -0.2) is 0 Å². The third-order valence-corrected chi connectivity index (χ3v) is 5.36. The van der Waals surface area contributed by atoms with Crippen molar-refractivity contribution >= 4 is 11.6 Å². The highest BCUT2D eigenvalue weighted by molar-refractivity contribution is 6.31. The number of rotatable bonds is 4. The monoisotopic (exact) mass is 292 g/mol. The molecule has 2 aliphatic rings. The highest BCUT2D eigenvalue weighted by atomic mass is 35.5. The van der Waals surface area contributed by atoms with Gasteiger partial charge < -0.3 is 10.6 Å². The van der Waals surface area contributed by atoms with Crippen molar-refractivity contribution in [3.63, 3.8) is 0 Å². The lowest BCUT2D eigenvalue weighted by atomic mass is 9.92. The molecule has 0 aromatic heterocycles. The molecule has 2 nitrogen and oxygen atoms in total. The van der Waals surface area contributed by atoms with E-state index in [1.165, 1.54) is 44.2 Å². The van der Waals surface area contributed by atoms with Gasteiger partial charge in [-0.15, -0.1) is 0 Å². The first-order chi connectivity index (χ1) is 9.75. The van der Waals surface area contributed by atoms with Gasteiger partial charge in [-0.2, -0.15) is 0 Å². The predicted octanol–water partition coefficient (Wildman–Crippen LogP) is 3.91. The molecule has 2 N–H and O–H groups in total. The molecule has 110 valence electrons. The molecule has 3 heteroatoms. The summed E-state index contributed by atoms with van der Waals surface area (Å²) >= 11 is 6.32. The first kappa shape index (κ1) is 14.4. The van der Waals surface area contributed by atoms with Crippen LogP contribution in [-0.4, -0.2) is 18.6 Å². The summed E-state index contributed by atoms with van der Waals surface area (Å²) in [6, 6.07) is 9.89. The lowest BCUT2D eigenvalue weighted by Crippen LogP contribution is -2.42. The maximum Gasteiger partial charge on any atom is 0.0453 e. The molecule has 2 fully saturated rings. The minimum atomic E-state index is 0.329. The van der Waals surface area contributed by atoms with Gasteiger partial charge in [0.2, 0.25) is 0 Å². The van der Waals surface area contributed by atoms with Gasteiger partial charge in [-0.3, -0.25) is 0 Å². The highest BCUT2D eigenvalue weighted by Gasteiger charge is 2.35. The van der Waals surface area contributed by atoms with Gasteiger partial charge >= 0.3 is 0 Å². The molecule has 0 radical (unpaired) electrons. The van der Waals surface area contributed by atoms with Crippen LogP contribution in [0.1, 0.15) is 50.6 Å². The molecule has 0 bridgehead atoms. The number of nitrogens with one attached hydrogen (secondary N) is 2. The molecule has 0 amide bonds. The van der Waals surface area contributed by atoms with Crippen LogP contribution >= 0.6 is 11.6 Å². The SMILES string of the molecule is CC(NC1CCCC1C1CCCN1)c1ccccc1Cl. The molecule has 1 saturated heterocycles. The standard InChI is InChI=1S/C17H25ClN2/c1-12(13-6-2-3-8-15(13)18)20-17-9-4-7-14(17)16-10-5-11-19-16/h2-3,6,8,12,14,16-17,19-20H,4-5,7,9-11H2,1H3. The fourth-order valence-electron chi connectivity index (χ4n) is 3.99. The third kappa shape index (κ3) is 3.03. The third-order valence-electron chi connectivity index (χ3n) is 5.02. The molecule has 4 atom stereocenters. The smallest absolute Gasteiger partial charge is 0.0453 e. The van der Waals surface area contributed by atoms with Crippen LogP contribution in [0.15, 0.2) is 24.3 Å². The van der Waals surface area contributed by atoms with Crippen LogP contribution in [0.25, 0.3) is 0 Å². The number of benzene rings is 1. The van der Waals surface area contributed by atoms with E-state index in [9.17, 15) is 0 Å². The van der Waals surface area contributed by atoms with E-state index in [0.717, 1.165) is 17.0 Å². The zero-order valence-corrected chi connectivity index (χ0v) is 13.0. The van der Waals surface area contributed by atoms with Gasteiger partial charge in [0, 0.05) is 23.1 Å². The van der Waals surface area contributed by atoms with Gasteiger partial charge in [0.25, 0.3) is 0 Å². The Morgan fingerprint density at radius 1 is 1.20 bits per heavy atom. The number of halogens is 1. The second-order valence-corrected chi connectivity index (χ2v) is 6.72. The molecule has 1 aromatic rings. The van der Waals surface area contributed by atoms with E-state index in [1.807, 2.05) is 12.1 Å². The lowest BCUT2D eigenvalue weighted by Gasteiger charge is -2.29. The van der Waals surface area contributed by atoms with Crippen LogP contribution < -0.4 is 10.6 Å². The summed E-state index contributed by atoms with van der Waals surface area (Å²) in [4.78, 5) is 0. The molecule has 1 saturated carbocycles. The number of hydrogen-bond donors (Lipinski definition) is 2. The molecule has 1 aliphatic carbocycles. The Morgan fingerprint density at radius 2 is 2.05 bits per heavy atom. The van der Waals surface area contributed by atoms with E-state index in [0.29, 0.717) is 12.1 Å². The Bertz CT molecular complexity index is 442. The second kappa shape index (κ2) is 6.46. The normalized spacial score (nSPS) is 31.6. The van der Waals surface area contributed by atoms with E-state index < -0.39 is 0 Å². The Balaban J connectivity index is 1.65. The van der Waals surface area contributed by atoms with Crippen molar-refractivity contribution in [2.75, 3.05) is 6.54 Å². The summed E-state index contributed by atoms with van der Waals surface area (Å²) in [6.45, 7) is 3.44. The van der Waals surface area contributed by atoms with Crippen LogP contribution in [0, 0.1) is 5.92 Å². The highest BCUT2D eigenvalue weighted by Crippen LogP contribution is 2.34. The average Bonchev–Trinajstić information content (AvgIpc) is 3.09. The van der Waals surface area contributed by atoms with E-state index >= 15 is 0 Å². The first-order valence-corrected chi connectivity index (χ1v) is 8.37.